The number of aromatic nitrogens is 1. The van der Waals surface area contributed by atoms with Gasteiger partial charge in [-0.05, 0) is 25.8 Å². The van der Waals surface area contributed by atoms with Crippen LogP contribution in [-0.4, -0.2) is 30.5 Å². The molecule has 5 nitrogen and oxygen atoms in total. The topological polar surface area (TPSA) is 58.4 Å². The molecule has 5 heteroatoms. The summed E-state index contributed by atoms with van der Waals surface area (Å²) in [4.78, 5) is 17.8. The van der Waals surface area contributed by atoms with Gasteiger partial charge in [-0.2, -0.15) is 0 Å². The Morgan fingerprint density at radius 2 is 2.44 bits per heavy atom. The number of nitrogens with zero attached hydrogens (tertiary/aromatic N) is 2. The molecule has 0 saturated carbocycles. The van der Waals surface area contributed by atoms with E-state index in [2.05, 4.69) is 17.2 Å². The Hall–Kier alpha value is -1.36. The van der Waals surface area contributed by atoms with Gasteiger partial charge in [0, 0.05) is 6.54 Å². The average molecular weight is 223 g/mol. The van der Waals surface area contributed by atoms with E-state index < -0.39 is 0 Å². The molecule has 0 spiro atoms. The molecule has 1 aliphatic heterocycles. The Bertz CT molecular complexity index is 350. The zero-order valence-corrected chi connectivity index (χ0v) is 9.64. The van der Waals surface area contributed by atoms with Crippen LogP contribution in [0.15, 0.2) is 16.9 Å². The SMILES string of the molecule is CNC1CC(C)CCN(c2ncco2)C1=O. The molecule has 88 valence electrons. The van der Waals surface area contributed by atoms with E-state index in [1.807, 2.05) is 7.05 Å². The predicted octanol–water partition coefficient (Wildman–Crippen LogP) is 1.03. The van der Waals surface area contributed by atoms with Gasteiger partial charge in [-0.15, -0.1) is 0 Å². The smallest absolute Gasteiger partial charge is 0.304 e. The zero-order valence-electron chi connectivity index (χ0n) is 9.64. The quantitative estimate of drug-likeness (QED) is 0.813. The van der Waals surface area contributed by atoms with Crippen LogP contribution in [0.25, 0.3) is 0 Å². The number of hydrogen-bond donors (Lipinski definition) is 1. The third-order valence-corrected chi connectivity index (χ3v) is 3.05. The lowest BCUT2D eigenvalue weighted by Gasteiger charge is -2.20. The number of carbonyl (C=O) groups is 1. The summed E-state index contributed by atoms with van der Waals surface area (Å²) in [5.74, 6) is 0.579. The molecule has 16 heavy (non-hydrogen) atoms. The monoisotopic (exact) mass is 223 g/mol. The second-order valence-corrected chi connectivity index (χ2v) is 4.28. The first kappa shape index (κ1) is 11.1. The van der Waals surface area contributed by atoms with Crippen LogP contribution in [0.1, 0.15) is 19.8 Å². The normalized spacial score (nSPS) is 26.9. The first-order chi connectivity index (χ1) is 7.72. The highest BCUT2D eigenvalue weighted by molar-refractivity contribution is 5.95. The summed E-state index contributed by atoms with van der Waals surface area (Å²) in [6.07, 6.45) is 4.90. The minimum absolute atomic E-state index is 0.0503. The van der Waals surface area contributed by atoms with Crippen molar-refractivity contribution in [1.29, 1.82) is 0 Å². The average Bonchev–Trinajstić information content (AvgIpc) is 2.75. The second-order valence-electron chi connectivity index (χ2n) is 4.28. The van der Waals surface area contributed by atoms with E-state index in [4.69, 9.17) is 4.42 Å². The molecule has 1 amide bonds. The molecule has 1 saturated heterocycles. The summed E-state index contributed by atoms with van der Waals surface area (Å²) < 4.78 is 5.19. The van der Waals surface area contributed by atoms with E-state index in [0.717, 1.165) is 12.8 Å². The number of anilines is 1. The van der Waals surface area contributed by atoms with Crippen molar-refractivity contribution in [3.8, 4) is 0 Å². The van der Waals surface area contributed by atoms with Crippen molar-refractivity contribution in [2.75, 3.05) is 18.5 Å². The third-order valence-electron chi connectivity index (χ3n) is 3.05. The fourth-order valence-electron chi connectivity index (χ4n) is 2.05. The van der Waals surface area contributed by atoms with Gasteiger partial charge < -0.3 is 9.73 Å². The number of amides is 1. The second kappa shape index (κ2) is 4.65. The molecular weight excluding hydrogens is 206 g/mol. The lowest BCUT2D eigenvalue weighted by atomic mass is 10.0. The maximum Gasteiger partial charge on any atom is 0.304 e. The van der Waals surface area contributed by atoms with Crippen LogP contribution in [-0.2, 0) is 4.79 Å². The van der Waals surface area contributed by atoms with E-state index in [1.54, 1.807) is 11.1 Å². The first-order valence-corrected chi connectivity index (χ1v) is 5.60. The number of likely N-dealkylation sites (N-methyl/N-ethyl adjacent to an activating group) is 1. The predicted molar refractivity (Wildman–Crippen MR) is 60.1 cm³/mol. The molecule has 1 N–H and O–H groups in total. The molecule has 1 fully saturated rings. The molecule has 0 aliphatic carbocycles. The van der Waals surface area contributed by atoms with Crippen molar-refractivity contribution in [3.05, 3.63) is 12.5 Å². The summed E-state index contributed by atoms with van der Waals surface area (Å²) in [6.45, 7) is 2.84. The highest BCUT2D eigenvalue weighted by Gasteiger charge is 2.31. The Morgan fingerprint density at radius 1 is 1.62 bits per heavy atom. The number of oxazole rings is 1. The van der Waals surface area contributed by atoms with Crippen molar-refractivity contribution >= 4 is 11.9 Å². The van der Waals surface area contributed by atoms with Crippen molar-refractivity contribution < 1.29 is 9.21 Å². The van der Waals surface area contributed by atoms with E-state index in [0.29, 0.717) is 18.5 Å². The summed E-state index contributed by atoms with van der Waals surface area (Å²) >= 11 is 0. The van der Waals surface area contributed by atoms with Crippen molar-refractivity contribution in [3.63, 3.8) is 0 Å². The molecule has 0 bridgehead atoms. The Kier molecular flexibility index (Phi) is 3.24. The maximum absolute atomic E-state index is 12.2. The zero-order chi connectivity index (χ0) is 11.5. The largest absolute Gasteiger partial charge is 0.432 e. The van der Waals surface area contributed by atoms with Crippen molar-refractivity contribution in [2.45, 2.75) is 25.8 Å². The maximum atomic E-state index is 12.2. The van der Waals surface area contributed by atoms with E-state index >= 15 is 0 Å². The van der Waals surface area contributed by atoms with Gasteiger partial charge in [0.05, 0.1) is 12.2 Å². The molecule has 1 aliphatic rings. The van der Waals surface area contributed by atoms with Crippen molar-refractivity contribution in [2.24, 2.45) is 5.92 Å². The van der Waals surface area contributed by atoms with Crippen LogP contribution >= 0.6 is 0 Å². The van der Waals surface area contributed by atoms with E-state index in [9.17, 15) is 4.79 Å². The van der Waals surface area contributed by atoms with E-state index in [-0.39, 0.29) is 11.9 Å². The molecule has 1 aromatic rings. The molecule has 2 rings (SSSR count). The van der Waals surface area contributed by atoms with Crippen LogP contribution in [0.3, 0.4) is 0 Å². The van der Waals surface area contributed by atoms with Gasteiger partial charge in [-0.1, -0.05) is 6.92 Å². The molecule has 0 radical (unpaired) electrons. The van der Waals surface area contributed by atoms with Crippen LogP contribution in [0.5, 0.6) is 0 Å². The van der Waals surface area contributed by atoms with Crippen LogP contribution < -0.4 is 10.2 Å². The minimum Gasteiger partial charge on any atom is -0.432 e. The number of rotatable bonds is 2. The van der Waals surface area contributed by atoms with Gasteiger partial charge >= 0.3 is 6.01 Å². The summed E-state index contributed by atoms with van der Waals surface area (Å²) in [5.41, 5.74) is 0. The van der Waals surface area contributed by atoms with Gasteiger partial charge in [0.15, 0.2) is 0 Å². The standard InChI is InChI=1S/C11H17N3O2/c1-8-3-5-14(11-13-4-6-16-11)10(15)9(7-8)12-2/h4,6,8-9,12H,3,5,7H2,1-2H3. The van der Waals surface area contributed by atoms with Gasteiger partial charge in [0.1, 0.15) is 6.26 Å². The molecule has 1 aromatic heterocycles. The Morgan fingerprint density at radius 3 is 3.06 bits per heavy atom. The molecule has 2 heterocycles. The minimum atomic E-state index is -0.135. The van der Waals surface area contributed by atoms with Crippen LogP contribution in [0.2, 0.25) is 0 Å². The molecule has 2 atom stereocenters. The van der Waals surface area contributed by atoms with Gasteiger partial charge in [-0.3, -0.25) is 9.69 Å². The number of nitrogens with one attached hydrogen (secondary N) is 1. The number of hydrogen-bond acceptors (Lipinski definition) is 4. The van der Waals surface area contributed by atoms with Crippen LogP contribution in [0.4, 0.5) is 6.01 Å². The molecule has 0 aromatic carbocycles. The molecular formula is C11H17N3O2. The summed E-state index contributed by atoms with van der Waals surface area (Å²) in [7, 11) is 1.81. The summed E-state index contributed by atoms with van der Waals surface area (Å²) in [6, 6.07) is 0.267. The van der Waals surface area contributed by atoms with Gasteiger partial charge in [0.2, 0.25) is 5.91 Å². The van der Waals surface area contributed by atoms with E-state index in [1.165, 1.54) is 6.26 Å². The third kappa shape index (κ3) is 2.09. The highest BCUT2D eigenvalue weighted by Crippen LogP contribution is 2.22. The lowest BCUT2D eigenvalue weighted by molar-refractivity contribution is -0.120. The Labute approximate surface area is 94.8 Å². The van der Waals surface area contributed by atoms with Gasteiger partial charge in [0.25, 0.3) is 0 Å². The highest BCUT2D eigenvalue weighted by atomic mass is 16.4. The number of carbonyl (C=O) groups excluding carboxylic acids is 1. The Balaban J connectivity index is 2.21. The van der Waals surface area contributed by atoms with Gasteiger partial charge in [-0.25, -0.2) is 4.98 Å². The van der Waals surface area contributed by atoms with Crippen molar-refractivity contribution in [1.82, 2.24) is 10.3 Å². The fourth-order valence-corrected chi connectivity index (χ4v) is 2.05. The lowest BCUT2D eigenvalue weighted by Crippen LogP contribution is -2.44. The molecule has 2 unspecified atom stereocenters. The first-order valence-electron chi connectivity index (χ1n) is 5.60. The summed E-state index contributed by atoms with van der Waals surface area (Å²) in [5, 5.41) is 3.06. The fraction of sp³-hybridized carbons (Fsp3) is 0.636. The van der Waals surface area contributed by atoms with Crippen LogP contribution in [0, 0.1) is 5.92 Å².